The van der Waals surface area contributed by atoms with E-state index in [0.717, 1.165) is 0 Å². The Morgan fingerprint density at radius 1 is 1.42 bits per heavy atom. The number of carbonyl (C=O) groups is 1. The van der Waals surface area contributed by atoms with Gasteiger partial charge in [0.05, 0.1) is 4.92 Å². The summed E-state index contributed by atoms with van der Waals surface area (Å²) >= 11 is 1.18. The van der Waals surface area contributed by atoms with Crippen molar-refractivity contribution in [1.82, 2.24) is 4.98 Å². The highest BCUT2D eigenvalue weighted by Crippen LogP contribution is 2.21. The lowest BCUT2D eigenvalue weighted by molar-refractivity contribution is -0.384. The molecule has 0 unspecified atom stereocenters. The molecule has 0 fully saturated rings. The van der Waals surface area contributed by atoms with Crippen molar-refractivity contribution in [3.05, 3.63) is 45.5 Å². The van der Waals surface area contributed by atoms with Crippen LogP contribution in [0.25, 0.3) is 0 Å². The van der Waals surface area contributed by atoms with Crippen LogP contribution in [0, 0.1) is 10.1 Å². The fourth-order valence-electron chi connectivity index (χ4n) is 1.47. The fraction of sp³-hybridized carbons (Fsp3) is 0.0909. The molecule has 2 rings (SSSR count). The second kappa shape index (κ2) is 5.02. The second-order valence-corrected chi connectivity index (χ2v) is 4.60. The van der Waals surface area contributed by atoms with Crippen LogP contribution in [0.2, 0.25) is 0 Å². The molecule has 0 spiro atoms. The van der Waals surface area contributed by atoms with E-state index in [-0.39, 0.29) is 17.3 Å². The monoisotopic (exact) mass is 278 g/mol. The number of amides is 1. The molecule has 1 heterocycles. The molecule has 2 N–H and O–H groups in total. The van der Waals surface area contributed by atoms with Gasteiger partial charge in [0.25, 0.3) is 11.6 Å². The minimum atomic E-state index is -0.493. The van der Waals surface area contributed by atoms with Gasteiger partial charge in [-0.05, 0) is 12.1 Å². The van der Waals surface area contributed by atoms with Gasteiger partial charge in [-0.25, -0.2) is 4.98 Å². The number of aromatic nitrogens is 1. The lowest BCUT2D eigenvalue weighted by Crippen LogP contribution is -2.26. The van der Waals surface area contributed by atoms with Crippen LogP contribution in [0.5, 0.6) is 0 Å². The maximum absolute atomic E-state index is 12.1. The highest BCUT2D eigenvalue weighted by molar-refractivity contribution is 7.13. The number of anilines is 2. The molecule has 1 aromatic heterocycles. The maximum atomic E-state index is 12.1. The van der Waals surface area contributed by atoms with Crippen molar-refractivity contribution in [3.8, 4) is 0 Å². The molecule has 0 aliphatic carbocycles. The Kier molecular flexibility index (Phi) is 3.43. The number of hydrogen-bond acceptors (Lipinski definition) is 6. The molecule has 2 aromatic rings. The molecule has 0 saturated heterocycles. The fourth-order valence-corrected chi connectivity index (χ4v) is 2.01. The summed E-state index contributed by atoms with van der Waals surface area (Å²) < 4.78 is 0. The molecule has 0 radical (unpaired) electrons. The van der Waals surface area contributed by atoms with Gasteiger partial charge in [0, 0.05) is 30.2 Å². The Morgan fingerprint density at radius 2 is 2.05 bits per heavy atom. The van der Waals surface area contributed by atoms with Crippen LogP contribution in [0.4, 0.5) is 16.5 Å². The summed E-state index contributed by atoms with van der Waals surface area (Å²) in [6.45, 7) is 0. The van der Waals surface area contributed by atoms with E-state index in [1.807, 2.05) is 0 Å². The van der Waals surface area contributed by atoms with Gasteiger partial charge in [0.1, 0.15) is 5.69 Å². The van der Waals surface area contributed by atoms with Gasteiger partial charge in [0.2, 0.25) is 0 Å². The van der Waals surface area contributed by atoms with Crippen molar-refractivity contribution < 1.29 is 9.72 Å². The number of nitrogen functional groups attached to an aromatic ring is 1. The van der Waals surface area contributed by atoms with E-state index >= 15 is 0 Å². The summed E-state index contributed by atoms with van der Waals surface area (Å²) in [7, 11) is 1.57. The number of nitrogens with two attached hydrogens (primary N) is 1. The first-order valence-electron chi connectivity index (χ1n) is 5.22. The molecule has 0 aliphatic heterocycles. The molecule has 0 aliphatic rings. The first-order valence-corrected chi connectivity index (χ1v) is 6.10. The molecule has 0 atom stereocenters. The molecule has 98 valence electrons. The zero-order valence-electron chi connectivity index (χ0n) is 9.94. The number of rotatable bonds is 3. The average molecular weight is 278 g/mol. The molecule has 19 heavy (non-hydrogen) atoms. The predicted octanol–water partition coefficient (Wildman–Crippen LogP) is 1.91. The van der Waals surface area contributed by atoms with E-state index in [4.69, 9.17) is 5.73 Å². The quantitative estimate of drug-likeness (QED) is 0.682. The molecule has 8 heteroatoms. The lowest BCUT2D eigenvalue weighted by Gasteiger charge is -2.15. The number of thiazole rings is 1. The zero-order valence-corrected chi connectivity index (χ0v) is 10.8. The summed E-state index contributed by atoms with van der Waals surface area (Å²) in [5.74, 6) is -0.318. The van der Waals surface area contributed by atoms with Crippen molar-refractivity contribution in [1.29, 1.82) is 0 Å². The topological polar surface area (TPSA) is 102 Å². The van der Waals surface area contributed by atoms with E-state index in [1.54, 1.807) is 12.4 Å². The average Bonchev–Trinajstić information content (AvgIpc) is 2.84. The minimum Gasteiger partial charge on any atom is -0.375 e. The van der Waals surface area contributed by atoms with Crippen molar-refractivity contribution in [2.24, 2.45) is 0 Å². The van der Waals surface area contributed by atoms with Crippen LogP contribution in [0.1, 0.15) is 10.5 Å². The zero-order chi connectivity index (χ0) is 14.0. The highest BCUT2D eigenvalue weighted by Gasteiger charge is 2.17. The number of nitro groups is 1. The van der Waals surface area contributed by atoms with Crippen molar-refractivity contribution in [3.63, 3.8) is 0 Å². The summed E-state index contributed by atoms with van der Waals surface area (Å²) in [6, 6.07) is 5.70. The van der Waals surface area contributed by atoms with Gasteiger partial charge in [-0.3, -0.25) is 14.9 Å². The first-order chi connectivity index (χ1) is 8.99. The van der Waals surface area contributed by atoms with Gasteiger partial charge in [-0.15, -0.1) is 11.3 Å². The SMILES string of the molecule is CN(C(=O)c1csc(N)n1)c1ccc([N+](=O)[O-])cc1. The summed E-state index contributed by atoms with van der Waals surface area (Å²) in [5, 5.41) is 12.4. The van der Waals surface area contributed by atoms with E-state index in [0.29, 0.717) is 10.8 Å². The Labute approximate surface area is 112 Å². The van der Waals surface area contributed by atoms with Crippen molar-refractivity contribution in [2.45, 2.75) is 0 Å². The van der Waals surface area contributed by atoms with Gasteiger partial charge < -0.3 is 10.6 Å². The molecule has 0 bridgehead atoms. The smallest absolute Gasteiger partial charge is 0.277 e. The van der Waals surface area contributed by atoms with Crippen LogP contribution < -0.4 is 10.6 Å². The summed E-state index contributed by atoms with van der Waals surface area (Å²) in [5.41, 5.74) is 6.24. The molecule has 7 nitrogen and oxygen atoms in total. The van der Waals surface area contributed by atoms with Crippen LogP contribution in [0.15, 0.2) is 29.6 Å². The Balaban J connectivity index is 2.21. The van der Waals surface area contributed by atoms with E-state index in [9.17, 15) is 14.9 Å². The number of nitrogens with zero attached hydrogens (tertiary/aromatic N) is 3. The predicted molar refractivity (Wildman–Crippen MR) is 72.4 cm³/mol. The van der Waals surface area contributed by atoms with E-state index in [2.05, 4.69) is 4.98 Å². The number of hydrogen-bond donors (Lipinski definition) is 1. The first kappa shape index (κ1) is 13.0. The number of benzene rings is 1. The second-order valence-electron chi connectivity index (χ2n) is 3.71. The third kappa shape index (κ3) is 2.68. The molecule has 0 saturated carbocycles. The highest BCUT2D eigenvalue weighted by atomic mass is 32.1. The van der Waals surface area contributed by atoms with E-state index < -0.39 is 4.92 Å². The number of carbonyl (C=O) groups excluding carboxylic acids is 1. The lowest BCUT2D eigenvalue weighted by atomic mass is 10.2. The van der Waals surface area contributed by atoms with Crippen molar-refractivity contribution >= 4 is 33.8 Å². The molecule has 1 amide bonds. The summed E-state index contributed by atoms with van der Waals surface area (Å²) in [4.78, 5) is 27.4. The summed E-state index contributed by atoms with van der Waals surface area (Å²) in [6.07, 6.45) is 0. The molecular formula is C11H10N4O3S. The normalized spacial score (nSPS) is 10.2. The van der Waals surface area contributed by atoms with Gasteiger partial charge in [0.15, 0.2) is 5.13 Å². The van der Waals surface area contributed by atoms with Crippen molar-refractivity contribution in [2.75, 3.05) is 17.7 Å². The standard InChI is InChI=1S/C11H10N4O3S/c1-14(10(16)9-6-19-11(12)13-9)7-2-4-8(5-3-7)15(17)18/h2-6H,1H3,(H2,12,13). The minimum absolute atomic E-state index is 0.0255. The van der Waals surface area contributed by atoms with Gasteiger partial charge >= 0.3 is 0 Å². The number of nitro benzene ring substituents is 1. The van der Waals surface area contributed by atoms with Gasteiger partial charge in [-0.1, -0.05) is 0 Å². The van der Waals surface area contributed by atoms with E-state index in [1.165, 1.54) is 40.5 Å². The number of non-ortho nitro benzene ring substituents is 1. The Morgan fingerprint density at radius 3 is 2.53 bits per heavy atom. The van der Waals surface area contributed by atoms with Crippen LogP contribution >= 0.6 is 11.3 Å². The Hall–Kier alpha value is -2.48. The van der Waals surface area contributed by atoms with Gasteiger partial charge in [-0.2, -0.15) is 0 Å². The van der Waals surface area contributed by atoms with Crippen LogP contribution in [-0.4, -0.2) is 22.9 Å². The third-order valence-corrected chi connectivity index (χ3v) is 3.17. The maximum Gasteiger partial charge on any atom is 0.277 e. The van der Waals surface area contributed by atoms with Crippen LogP contribution in [0.3, 0.4) is 0 Å². The molecular weight excluding hydrogens is 268 g/mol. The largest absolute Gasteiger partial charge is 0.375 e. The van der Waals surface area contributed by atoms with Crippen LogP contribution in [-0.2, 0) is 0 Å². The molecule has 1 aromatic carbocycles. The Bertz CT molecular complexity index is 623. The third-order valence-electron chi connectivity index (χ3n) is 2.49.